The van der Waals surface area contributed by atoms with Crippen LogP contribution < -0.4 is 14.2 Å². The molecule has 0 aromatic heterocycles. The second-order valence-corrected chi connectivity index (χ2v) is 7.16. The Balaban J connectivity index is 2.10. The van der Waals surface area contributed by atoms with Crippen LogP contribution in [0.5, 0.6) is 34.5 Å². The fraction of sp³-hybridized carbons (Fsp3) is 0.350. The molecule has 2 aromatic carbocycles. The lowest BCUT2D eigenvalue weighted by Gasteiger charge is -2.49. The number of carbonyl (C=O) groups excluding carboxylic acids is 1. The van der Waals surface area contributed by atoms with Gasteiger partial charge >= 0.3 is 0 Å². The van der Waals surface area contributed by atoms with Gasteiger partial charge in [0.1, 0.15) is 0 Å². The molecule has 2 atom stereocenters. The molecule has 2 unspecified atom stereocenters. The Labute approximate surface area is 165 Å². The lowest BCUT2D eigenvalue weighted by molar-refractivity contribution is -0.255. The van der Waals surface area contributed by atoms with Gasteiger partial charge in [0.25, 0.3) is 0 Å². The molecule has 9 nitrogen and oxygen atoms in total. The maximum absolute atomic E-state index is 13.5. The summed E-state index contributed by atoms with van der Waals surface area (Å²) >= 11 is 0. The average Bonchev–Trinajstić information content (AvgIpc) is 2.69. The van der Waals surface area contributed by atoms with Crippen molar-refractivity contribution >= 4 is 5.78 Å². The van der Waals surface area contributed by atoms with Gasteiger partial charge < -0.3 is 39.4 Å². The molecular formula is C20H20O9. The smallest absolute Gasteiger partial charge is 0.240 e. The Bertz CT molecular complexity index is 1060. The first-order chi connectivity index (χ1) is 13.6. The molecule has 0 amide bonds. The van der Waals surface area contributed by atoms with Crippen molar-refractivity contribution in [3.63, 3.8) is 0 Å². The summed E-state index contributed by atoms with van der Waals surface area (Å²) in [6.07, 6.45) is 0. The number of methoxy groups -OCH3 is 2. The first-order valence-corrected chi connectivity index (χ1v) is 8.74. The monoisotopic (exact) mass is 404 g/mol. The highest BCUT2D eigenvalue weighted by molar-refractivity contribution is 6.07. The number of aliphatic hydroxyl groups excluding tert-OH is 1. The predicted octanol–water partition coefficient (Wildman–Crippen LogP) is 2.01. The molecular weight excluding hydrogens is 384 g/mol. The number of benzene rings is 2. The maximum atomic E-state index is 13.5. The Morgan fingerprint density at radius 2 is 1.59 bits per heavy atom. The van der Waals surface area contributed by atoms with E-state index in [2.05, 4.69) is 0 Å². The van der Waals surface area contributed by atoms with Gasteiger partial charge in [-0.2, -0.15) is 0 Å². The van der Waals surface area contributed by atoms with Gasteiger partial charge in [-0.05, 0) is 24.6 Å². The van der Waals surface area contributed by atoms with Crippen molar-refractivity contribution in [3.8, 4) is 34.5 Å². The molecule has 29 heavy (non-hydrogen) atoms. The number of ether oxygens (including phenoxy) is 4. The summed E-state index contributed by atoms with van der Waals surface area (Å²) in [5.41, 5.74) is -1.31. The number of carbonyl (C=O) groups is 1. The maximum Gasteiger partial charge on any atom is 0.240 e. The van der Waals surface area contributed by atoms with Gasteiger partial charge in [0.05, 0.1) is 26.4 Å². The number of fused-ring (bicyclic) bond motifs is 6. The van der Waals surface area contributed by atoms with Crippen LogP contribution >= 0.6 is 0 Å². The van der Waals surface area contributed by atoms with Crippen molar-refractivity contribution in [2.24, 2.45) is 0 Å². The number of aliphatic hydroxyl groups is 1. The van der Waals surface area contributed by atoms with E-state index in [1.165, 1.54) is 40.2 Å². The van der Waals surface area contributed by atoms with Crippen LogP contribution in [0.25, 0.3) is 0 Å². The zero-order chi connectivity index (χ0) is 21.3. The molecule has 2 aromatic rings. The predicted molar refractivity (Wildman–Crippen MR) is 97.7 cm³/mol. The van der Waals surface area contributed by atoms with E-state index in [-0.39, 0.29) is 45.3 Å². The number of Topliss-reactive ketones (excluding diaryl/α,β-unsaturated/α-hetero) is 1. The second kappa shape index (κ2) is 5.91. The van der Waals surface area contributed by atoms with Crippen LogP contribution in [0.3, 0.4) is 0 Å². The largest absolute Gasteiger partial charge is 0.504 e. The number of phenolic OH excluding ortho intramolecular Hbond substituents is 3. The Kier molecular flexibility index (Phi) is 3.91. The third kappa shape index (κ3) is 2.25. The van der Waals surface area contributed by atoms with E-state index in [4.69, 9.17) is 18.9 Å². The van der Waals surface area contributed by atoms with E-state index >= 15 is 0 Å². The SMILES string of the molecule is COc1cc2c(c(O)c1O)C1(C)Oc3c(O)c(OC)cc(CO)c3C(C)(O1)C2=O. The van der Waals surface area contributed by atoms with E-state index in [1.54, 1.807) is 0 Å². The fourth-order valence-corrected chi connectivity index (χ4v) is 4.18. The number of aromatic hydroxyl groups is 3. The molecule has 154 valence electrons. The second-order valence-electron chi connectivity index (χ2n) is 7.16. The van der Waals surface area contributed by atoms with Gasteiger partial charge in [-0.15, -0.1) is 0 Å². The van der Waals surface area contributed by atoms with Gasteiger partial charge in [0.2, 0.25) is 17.3 Å². The van der Waals surface area contributed by atoms with Crippen LogP contribution in [0.2, 0.25) is 0 Å². The van der Waals surface area contributed by atoms with Crippen molar-refractivity contribution in [3.05, 3.63) is 34.4 Å². The van der Waals surface area contributed by atoms with Crippen molar-refractivity contribution in [2.75, 3.05) is 14.2 Å². The van der Waals surface area contributed by atoms with Crippen molar-refractivity contribution in [1.82, 2.24) is 0 Å². The number of hydrogen-bond acceptors (Lipinski definition) is 9. The van der Waals surface area contributed by atoms with Crippen LogP contribution in [0.15, 0.2) is 12.1 Å². The summed E-state index contributed by atoms with van der Waals surface area (Å²) in [5.74, 6) is -4.07. The number of ketones is 1. The summed E-state index contributed by atoms with van der Waals surface area (Å²) in [7, 11) is 2.62. The minimum atomic E-state index is -1.74. The Morgan fingerprint density at radius 3 is 2.17 bits per heavy atom. The molecule has 2 aliphatic heterocycles. The molecule has 0 spiro atoms. The molecule has 2 heterocycles. The summed E-state index contributed by atoms with van der Waals surface area (Å²) in [5, 5.41) is 41.3. The third-order valence-corrected chi connectivity index (χ3v) is 5.46. The summed E-state index contributed by atoms with van der Waals surface area (Å²) in [4.78, 5) is 13.5. The van der Waals surface area contributed by atoms with Gasteiger partial charge in [-0.25, -0.2) is 0 Å². The first kappa shape index (κ1) is 19.2. The number of rotatable bonds is 3. The number of hydrogen-bond donors (Lipinski definition) is 4. The van der Waals surface area contributed by atoms with Crippen LogP contribution in [-0.2, 0) is 22.7 Å². The minimum Gasteiger partial charge on any atom is -0.504 e. The summed E-state index contributed by atoms with van der Waals surface area (Å²) in [6, 6.07) is 2.69. The molecule has 0 saturated carbocycles. The van der Waals surface area contributed by atoms with Gasteiger partial charge in [0.15, 0.2) is 34.4 Å². The van der Waals surface area contributed by atoms with Crippen LogP contribution in [-0.4, -0.2) is 40.4 Å². The zero-order valence-electron chi connectivity index (χ0n) is 16.2. The number of phenols is 3. The molecule has 0 radical (unpaired) electrons. The molecule has 4 rings (SSSR count). The fourth-order valence-electron chi connectivity index (χ4n) is 4.18. The van der Waals surface area contributed by atoms with Crippen LogP contribution in [0.1, 0.15) is 40.9 Å². The zero-order valence-corrected chi connectivity index (χ0v) is 16.2. The quantitative estimate of drug-likeness (QED) is 0.567. The van der Waals surface area contributed by atoms with Crippen LogP contribution in [0, 0.1) is 0 Å². The molecule has 0 fully saturated rings. The van der Waals surface area contributed by atoms with E-state index in [0.717, 1.165) is 0 Å². The molecule has 0 aliphatic carbocycles. The van der Waals surface area contributed by atoms with Crippen molar-refractivity contribution in [1.29, 1.82) is 0 Å². The molecule has 0 saturated heterocycles. The molecule has 2 aliphatic rings. The highest BCUT2D eigenvalue weighted by Crippen LogP contribution is 2.60. The van der Waals surface area contributed by atoms with E-state index in [0.29, 0.717) is 0 Å². The standard InChI is InChI=1S/C20H20O9/c1-19-12-8(7-21)5-10(26-3)15(23)17(12)28-20(2,29-19)13-9(18(19)25)6-11(27-4)14(22)16(13)24/h5-6,21-24H,7H2,1-4H3. The lowest BCUT2D eigenvalue weighted by Crippen LogP contribution is -2.55. The van der Waals surface area contributed by atoms with Crippen LogP contribution in [0.4, 0.5) is 0 Å². The normalized spacial score (nSPS) is 24.4. The molecule has 9 heteroatoms. The van der Waals surface area contributed by atoms with Gasteiger partial charge in [-0.1, -0.05) is 0 Å². The van der Waals surface area contributed by atoms with Crippen molar-refractivity contribution < 1.29 is 44.2 Å². The van der Waals surface area contributed by atoms with Gasteiger partial charge in [0, 0.05) is 18.1 Å². The summed E-state index contributed by atoms with van der Waals surface area (Å²) in [6.45, 7) is 2.46. The highest BCUT2D eigenvalue weighted by Gasteiger charge is 2.59. The van der Waals surface area contributed by atoms with Gasteiger partial charge in [-0.3, -0.25) is 4.79 Å². The van der Waals surface area contributed by atoms with E-state index in [1.807, 2.05) is 0 Å². The molecule has 2 bridgehead atoms. The average molecular weight is 404 g/mol. The topological polar surface area (TPSA) is 135 Å². The molecule has 4 N–H and O–H groups in total. The van der Waals surface area contributed by atoms with E-state index < -0.39 is 35.3 Å². The Morgan fingerprint density at radius 1 is 0.966 bits per heavy atom. The Hall–Kier alpha value is -3.17. The lowest BCUT2D eigenvalue weighted by atomic mass is 9.76. The minimum absolute atomic E-state index is 0.0262. The van der Waals surface area contributed by atoms with E-state index in [9.17, 15) is 25.2 Å². The highest BCUT2D eigenvalue weighted by atomic mass is 16.7. The first-order valence-electron chi connectivity index (χ1n) is 8.74. The summed E-state index contributed by atoms with van der Waals surface area (Å²) < 4.78 is 22.1. The third-order valence-electron chi connectivity index (χ3n) is 5.46. The van der Waals surface area contributed by atoms with Crippen molar-refractivity contribution in [2.45, 2.75) is 31.8 Å².